The molecule has 0 aromatic heterocycles. The SMILES string of the molecule is C=C(C)CCCC1=CCOOC1. The van der Waals surface area contributed by atoms with E-state index in [4.69, 9.17) is 9.78 Å². The second-order valence-electron chi connectivity index (χ2n) is 3.22. The van der Waals surface area contributed by atoms with E-state index in [0.29, 0.717) is 13.2 Å². The van der Waals surface area contributed by atoms with Crippen LogP contribution in [0.1, 0.15) is 26.2 Å². The molecular weight excluding hydrogens is 152 g/mol. The zero-order chi connectivity index (χ0) is 8.81. The first-order valence-electron chi connectivity index (χ1n) is 4.36. The Morgan fingerprint density at radius 1 is 1.58 bits per heavy atom. The molecule has 0 radical (unpaired) electrons. The topological polar surface area (TPSA) is 18.5 Å². The fourth-order valence-electron chi connectivity index (χ4n) is 1.17. The Kier molecular flexibility index (Phi) is 4.05. The largest absolute Gasteiger partial charge is 0.232 e. The number of rotatable bonds is 4. The molecule has 0 spiro atoms. The van der Waals surface area contributed by atoms with Crippen molar-refractivity contribution in [2.24, 2.45) is 0 Å². The van der Waals surface area contributed by atoms with Crippen molar-refractivity contribution in [3.8, 4) is 0 Å². The van der Waals surface area contributed by atoms with Crippen LogP contribution in [0.15, 0.2) is 23.8 Å². The van der Waals surface area contributed by atoms with Crippen molar-refractivity contribution in [1.29, 1.82) is 0 Å². The van der Waals surface area contributed by atoms with Gasteiger partial charge in [0.15, 0.2) is 0 Å². The van der Waals surface area contributed by atoms with E-state index >= 15 is 0 Å². The summed E-state index contributed by atoms with van der Waals surface area (Å²) in [4.78, 5) is 9.58. The number of hydrogen-bond donors (Lipinski definition) is 0. The summed E-state index contributed by atoms with van der Waals surface area (Å²) in [7, 11) is 0. The predicted octanol–water partition coefficient (Wildman–Crippen LogP) is 2.62. The molecule has 0 aromatic carbocycles. The molecule has 0 saturated carbocycles. The maximum absolute atomic E-state index is 4.85. The van der Waals surface area contributed by atoms with Gasteiger partial charge in [-0.05, 0) is 31.8 Å². The van der Waals surface area contributed by atoms with Crippen LogP contribution < -0.4 is 0 Å². The van der Waals surface area contributed by atoms with Crippen molar-refractivity contribution in [3.05, 3.63) is 23.8 Å². The van der Waals surface area contributed by atoms with Crippen LogP contribution in [0.3, 0.4) is 0 Å². The van der Waals surface area contributed by atoms with Crippen LogP contribution >= 0.6 is 0 Å². The van der Waals surface area contributed by atoms with Gasteiger partial charge in [0.2, 0.25) is 0 Å². The summed E-state index contributed by atoms with van der Waals surface area (Å²) in [6.45, 7) is 7.16. The summed E-state index contributed by atoms with van der Waals surface area (Å²) >= 11 is 0. The summed E-state index contributed by atoms with van der Waals surface area (Å²) in [5.41, 5.74) is 2.60. The van der Waals surface area contributed by atoms with Gasteiger partial charge in [-0.25, -0.2) is 9.78 Å². The Bertz CT molecular complexity index is 182. The first-order valence-corrected chi connectivity index (χ1v) is 4.36. The monoisotopic (exact) mass is 168 g/mol. The van der Waals surface area contributed by atoms with Crippen LogP contribution in [0, 0.1) is 0 Å². The third kappa shape index (κ3) is 3.69. The van der Waals surface area contributed by atoms with Crippen LogP contribution in [-0.4, -0.2) is 13.2 Å². The Hall–Kier alpha value is -0.600. The van der Waals surface area contributed by atoms with Gasteiger partial charge in [-0.15, -0.1) is 6.58 Å². The quantitative estimate of drug-likeness (QED) is 0.474. The minimum atomic E-state index is 0.600. The Morgan fingerprint density at radius 2 is 2.42 bits per heavy atom. The fraction of sp³-hybridized carbons (Fsp3) is 0.600. The third-order valence-electron chi connectivity index (χ3n) is 1.87. The highest BCUT2D eigenvalue weighted by Gasteiger charge is 2.03. The molecule has 0 saturated heterocycles. The molecule has 1 heterocycles. The molecule has 1 rings (SSSR count). The molecule has 0 atom stereocenters. The lowest BCUT2D eigenvalue weighted by Crippen LogP contribution is -2.07. The van der Waals surface area contributed by atoms with Gasteiger partial charge >= 0.3 is 0 Å². The van der Waals surface area contributed by atoms with E-state index in [2.05, 4.69) is 19.6 Å². The van der Waals surface area contributed by atoms with E-state index < -0.39 is 0 Å². The van der Waals surface area contributed by atoms with Crippen LogP contribution in [0.4, 0.5) is 0 Å². The van der Waals surface area contributed by atoms with Crippen molar-refractivity contribution >= 4 is 0 Å². The van der Waals surface area contributed by atoms with Gasteiger partial charge < -0.3 is 0 Å². The first kappa shape index (κ1) is 9.49. The second kappa shape index (κ2) is 5.12. The van der Waals surface area contributed by atoms with Crippen molar-refractivity contribution < 1.29 is 9.78 Å². The van der Waals surface area contributed by atoms with Gasteiger partial charge in [0.1, 0.15) is 13.2 Å². The lowest BCUT2D eigenvalue weighted by Gasteiger charge is -2.12. The standard InChI is InChI=1S/C10H16O2/c1-9(2)4-3-5-10-6-7-11-12-8-10/h6H,1,3-5,7-8H2,2H3. The molecule has 0 amide bonds. The summed E-state index contributed by atoms with van der Waals surface area (Å²) < 4.78 is 0. The molecule has 1 aliphatic heterocycles. The normalized spacial score (nSPS) is 17.2. The summed E-state index contributed by atoms with van der Waals surface area (Å²) in [6.07, 6.45) is 5.49. The van der Waals surface area contributed by atoms with Gasteiger partial charge in [0, 0.05) is 0 Å². The summed E-state index contributed by atoms with van der Waals surface area (Å²) in [6, 6.07) is 0. The molecule has 1 aliphatic rings. The minimum Gasteiger partial charge on any atom is -0.232 e. The van der Waals surface area contributed by atoms with Crippen LogP contribution in [0.2, 0.25) is 0 Å². The Balaban J connectivity index is 2.13. The highest BCUT2D eigenvalue weighted by molar-refractivity contribution is 5.04. The lowest BCUT2D eigenvalue weighted by molar-refractivity contribution is -0.286. The van der Waals surface area contributed by atoms with E-state index in [1.54, 1.807) is 0 Å². The zero-order valence-electron chi connectivity index (χ0n) is 7.64. The number of hydrogen-bond acceptors (Lipinski definition) is 2. The van der Waals surface area contributed by atoms with E-state index in [1.807, 2.05) is 0 Å². The molecule has 2 nitrogen and oxygen atoms in total. The van der Waals surface area contributed by atoms with E-state index in [0.717, 1.165) is 12.8 Å². The molecule has 0 aromatic rings. The molecule has 0 fully saturated rings. The van der Waals surface area contributed by atoms with Crippen molar-refractivity contribution in [1.82, 2.24) is 0 Å². The van der Waals surface area contributed by atoms with Crippen molar-refractivity contribution in [3.63, 3.8) is 0 Å². The molecule has 12 heavy (non-hydrogen) atoms. The molecule has 68 valence electrons. The highest BCUT2D eigenvalue weighted by Crippen LogP contribution is 2.13. The van der Waals surface area contributed by atoms with Gasteiger partial charge in [-0.1, -0.05) is 11.6 Å². The maximum Gasteiger partial charge on any atom is 0.103 e. The second-order valence-corrected chi connectivity index (χ2v) is 3.22. The number of allylic oxidation sites excluding steroid dienone is 1. The van der Waals surface area contributed by atoms with Gasteiger partial charge in [0.05, 0.1) is 0 Å². The van der Waals surface area contributed by atoms with Crippen LogP contribution in [0.5, 0.6) is 0 Å². The first-order chi connectivity index (χ1) is 5.79. The van der Waals surface area contributed by atoms with Gasteiger partial charge in [0.25, 0.3) is 0 Å². The van der Waals surface area contributed by atoms with Crippen molar-refractivity contribution in [2.75, 3.05) is 13.2 Å². The average Bonchev–Trinajstić information content (AvgIpc) is 2.05. The average molecular weight is 168 g/mol. The molecular formula is C10H16O2. The molecule has 0 aliphatic carbocycles. The Morgan fingerprint density at radius 3 is 3.00 bits per heavy atom. The summed E-state index contributed by atoms with van der Waals surface area (Å²) in [5.74, 6) is 0. The van der Waals surface area contributed by atoms with Crippen molar-refractivity contribution in [2.45, 2.75) is 26.2 Å². The molecule has 2 heteroatoms. The van der Waals surface area contributed by atoms with Crippen LogP contribution in [0.25, 0.3) is 0 Å². The lowest BCUT2D eigenvalue weighted by atomic mass is 10.1. The smallest absolute Gasteiger partial charge is 0.103 e. The summed E-state index contributed by atoms with van der Waals surface area (Å²) in [5, 5.41) is 0. The van der Waals surface area contributed by atoms with E-state index in [9.17, 15) is 0 Å². The minimum absolute atomic E-state index is 0.600. The predicted molar refractivity (Wildman–Crippen MR) is 48.7 cm³/mol. The van der Waals surface area contributed by atoms with Gasteiger partial charge in [-0.2, -0.15) is 0 Å². The highest BCUT2D eigenvalue weighted by atomic mass is 17.2. The molecule has 0 N–H and O–H groups in total. The maximum atomic E-state index is 4.85. The van der Waals surface area contributed by atoms with Crippen LogP contribution in [-0.2, 0) is 9.78 Å². The molecule has 0 unspecified atom stereocenters. The van der Waals surface area contributed by atoms with E-state index in [-0.39, 0.29) is 0 Å². The fourth-order valence-corrected chi connectivity index (χ4v) is 1.17. The Labute approximate surface area is 73.8 Å². The zero-order valence-corrected chi connectivity index (χ0v) is 7.64. The van der Waals surface area contributed by atoms with E-state index in [1.165, 1.54) is 17.6 Å². The third-order valence-corrected chi connectivity index (χ3v) is 1.87. The molecule has 0 bridgehead atoms. The van der Waals surface area contributed by atoms with Gasteiger partial charge in [-0.3, -0.25) is 0 Å².